The zero-order chi connectivity index (χ0) is 12.8. The smallest absolute Gasteiger partial charge is 0.228 e. The molecule has 0 saturated carbocycles. The van der Waals surface area contributed by atoms with E-state index in [0.29, 0.717) is 18.9 Å². The van der Waals surface area contributed by atoms with Gasteiger partial charge in [0.1, 0.15) is 0 Å². The van der Waals surface area contributed by atoms with Crippen molar-refractivity contribution in [2.45, 2.75) is 39.2 Å². The predicted octanol–water partition coefficient (Wildman–Crippen LogP) is 2.37. The first-order valence-corrected chi connectivity index (χ1v) is 6.87. The second-order valence-corrected chi connectivity index (χ2v) is 5.74. The fraction of sp³-hybridized carbons (Fsp3) is 0.615. The number of hydrogen-bond acceptors (Lipinski definition) is 3. The summed E-state index contributed by atoms with van der Waals surface area (Å²) in [6.07, 6.45) is 0.266. The van der Waals surface area contributed by atoms with Gasteiger partial charge in [0.2, 0.25) is 5.91 Å². The standard InChI is InChI=1S/C13H21NO2S/c1-9(2)7-11(15)8-14-13(16)10(3)12-5-4-6-17-12/h4-6,9-11,15H,7-8H2,1-3H3,(H,14,16). The number of thiophene rings is 1. The molecule has 1 heterocycles. The van der Waals surface area contributed by atoms with E-state index in [1.54, 1.807) is 11.3 Å². The van der Waals surface area contributed by atoms with E-state index >= 15 is 0 Å². The highest BCUT2D eigenvalue weighted by Gasteiger charge is 2.17. The molecule has 0 aliphatic heterocycles. The average molecular weight is 255 g/mol. The molecule has 0 bridgehead atoms. The van der Waals surface area contributed by atoms with Gasteiger partial charge in [-0.25, -0.2) is 0 Å². The van der Waals surface area contributed by atoms with Crippen molar-refractivity contribution in [1.82, 2.24) is 5.32 Å². The number of amides is 1. The SMILES string of the molecule is CC(C)CC(O)CNC(=O)C(C)c1cccs1. The van der Waals surface area contributed by atoms with Crippen LogP contribution in [-0.4, -0.2) is 23.7 Å². The fourth-order valence-electron chi connectivity index (χ4n) is 1.67. The van der Waals surface area contributed by atoms with Crippen LogP contribution in [0.1, 0.15) is 38.0 Å². The molecule has 3 nitrogen and oxygen atoms in total. The van der Waals surface area contributed by atoms with Gasteiger partial charge in [0.25, 0.3) is 0 Å². The molecule has 1 aromatic rings. The minimum atomic E-state index is -0.450. The molecule has 0 aromatic carbocycles. The van der Waals surface area contributed by atoms with Crippen molar-refractivity contribution in [3.63, 3.8) is 0 Å². The van der Waals surface area contributed by atoms with Crippen LogP contribution < -0.4 is 5.32 Å². The van der Waals surface area contributed by atoms with Crippen molar-refractivity contribution in [3.8, 4) is 0 Å². The summed E-state index contributed by atoms with van der Waals surface area (Å²) >= 11 is 1.58. The number of aliphatic hydroxyl groups excluding tert-OH is 1. The maximum atomic E-state index is 11.8. The molecule has 2 unspecified atom stereocenters. The quantitative estimate of drug-likeness (QED) is 0.820. The van der Waals surface area contributed by atoms with Gasteiger partial charge in [-0.3, -0.25) is 4.79 Å². The summed E-state index contributed by atoms with van der Waals surface area (Å²) in [5.74, 6) is 0.285. The second-order valence-electron chi connectivity index (χ2n) is 4.77. The lowest BCUT2D eigenvalue weighted by atomic mass is 10.1. The van der Waals surface area contributed by atoms with Gasteiger partial charge in [0.15, 0.2) is 0 Å². The van der Waals surface area contributed by atoms with Crippen LogP contribution in [0.2, 0.25) is 0 Å². The van der Waals surface area contributed by atoms with Crippen molar-refractivity contribution in [2.24, 2.45) is 5.92 Å². The molecule has 2 atom stereocenters. The van der Waals surface area contributed by atoms with E-state index in [4.69, 9.17) is 0 Å². The molecule has 4 heteroatoms. The first kappa shape index (κ1) is 14.2. The fourth-order valence-corrected chi connectivity index (χ4v) is 2.45. The Labute approximate surface area is 107 Å². The van der Waals surface area contributed by atoms with Crippen LogP contribution in [0.15, 0.2) is 17.5 Å². The first-order chi connectivity index (χ1) is 8.00. The number of carbonyl (C=O) groups excluding carboxylic acids is 1. The van der Waals surface area contributed by atoms with Gasteiger partial charge in [-0.15, -0.1) is 11.3 Å². The van der Waals surface area contributed by atoms with E-state index in [1.807, 2.05) is 24.4 Å². The summed E-state index contributed by atoms with van der Waals surface area (Å²) in [5.41, 5.74) is 0. The van der Waals surface area contributed by atoms with Crippen LogP contribution in [0.4, 0.5) is 0 Å². The van der Waals surface area contributed by atoms with Crippen LogP contribution in [0.3, 0.4) is 0 Å². The van der Waals surface area contributed by atoms with E-state index in [2.05, 4.69) is 19.2 Å². The van der Waals surface area contributed by atoms with Gasteiger partial charge < -0.3 is 10.4 Å². The second kappa shape index (κ2) is 6.77. The number of carbonyl (C=O) groups is 1. The van der Waals surface area contributed by atoms with Gasteiger partial charge in [-0.1, -0.05) is 19.9 Å². The maximum absolute atomic E-state index is 11.8. The van der Waals surface area contributed by atoms with Crippen molar-refractivity contribution in [3.05, 3.63) is 22.4 Å². The largest absolute Gasteiger partial charge is 0.391 e. The Morgan fingerprint density at radius 3 is 2.71 bits per heavy atom. The Morgan fingerprint density at radius 2 is 2.18 bits per heavy atom. The molecular formula is C13H21NO2S. The minimum Gasteiger partial charge on any atom is -0.391 e. The van der Waals surface area contributed by atoms with Gasteiger partial charge >= 0.3 is 0 Å². The molecule has 0 aliphatic rings. The normalized spacial score (nSPS) is 14.6. The van der Waals surface area contributed by atoms with Crippen molar-refractivity contribution >= 4 is 17.2 Å². The topological polar surface area (TPSA) is 49.3 Å². The number of nitrogens with one attached hydrogen (secondary N) is 1. The monoisotopic (exact) mass is 255 g/mol. The zero-order valence-electron chi connectivity index (χ0n) is 10.6. The summed E-state index contributed by atoms with van der Waals surface area (Å²) in [5, 5.41) is 14.4. The summed E-state index contributed by atoms with van der Waals surface area (Å²) < 4.78 is 0. The van der Waals surface area contributed by atoms with E-state index in [-0.39, 0.29) is 11.8 Å². The lowest BCUT2D eigenvalue weighted by molar-refractivity contribution is -0.122. The highest BCUT2D eigenvalue weighted by atomic mass is 32.1. The van der Waals surface area contributed by atoms with Crippen LogP contribution in [0.25, 0.3) is 0 Å². The Bertz CT molecular complexity index is 335. The summed E-state index contributed by atoms with van der Waals surface area (Å²) in [6, 6.07) is 3.90. The summed E-state index contributed by atoms with van der Waals surface area (Å²) in [4.78, 5) is 12.9. The van der Waals surface area contributed by atoms with Gasteiger partial charge in [-0.2, -0.15) is 0 Å². The molecule has 96 valence electrons. The van der Waals surface area contributed by atoms with Gasteiger partial charge in [0.05, 0.1) is 12.0 Å². The Hall–Kier alpha value is -0.870. The van der Waals surface area contributed by atoms with Crippen molar-refractivity contribution in [2.75, 3.05) is 6.54 Å². The highest BCUT2D eigenvalue weighted by molar-refractivity contribution is 7.10. The van der Waals surface area contributed by atoms with Crippen LogP contribution in [-0.2, 0) is 4.79 Å². The number of hydrogen-bond donors (Lipinski definition) is 2. The molecule has 1 aromatic heterocycles. The molecule has 17 heavy (non-hydrogen) atoms. The first-order valence-electron chi connectivity index (χ1n) is 6.00. The molecular weight excluding hydrogens is 234 g/mol. The Morgan fingerprint density at radius 1 is 1.47 bits per heavy atom. The van der Waals surface area contributed by atoms with E-state index in [1.165, 1.54) is 0 Å². The molecule has 0 saturated heterocycles. The number of rotatable bonds is 6. The third-order valence-electron chi connectivity index (χ3n) is 2.62. The third kappa shape index (κ3) is 4.88. The number of aliphatic hydroxyl groups is 1. The Balaban J connectivity index is 2.34. The summed E-state index contributed by atoms with van der Waals surface area (Å²) in [6.45, 7) is 6.33. The lowest BCUT2D eigenvalue weighted by Gasteiger charge is -2.15. The van der Waals surface area contributed by atoms with E-state index in [9.17, 15) is 9.90 Å². The predicted molar refractivity (Wildman–Crippen MR) is 71.2 cm³/mol. The summed E-state index contributed by atoms with van der Waals surface area (Å²) in [7, 11) is 0. The van der Waals surface area contributed by atoms with E-state index in [0.717, 1.165) is 4.88 Å². The van der Waals surface area contributed by atoms with Crippen molar-refractivity contribution in [1.29, 1.82) is 0 Å². The third-order valence-corrected chi connectivity index (χ3v) is 3.67. The average Bonchev–Trinajstić information content (AvgIpc) is 2.77. The molecule has 2 N–H and O–H groups in total. The minimum absolute atomic E-state index is 0.0183. The van der Waals surface area contributed by atoms with Crippen LogP contribution >= 0.6 is 11.3 Å². The molecule has 0 fully saturated rings. The lowest BCUT2D eigenvalue weighted by Crippen LogP contribution is -2.35. The Kier molecular flexibility index (Phi) is 5.65. The molecule has 0 spiro atoms. The molecule has 0 radical (unpaired) electrons. The highest BCUT2D eigenvalue weighted by Crippen LogP contribution is 2.20. The molecule has 1 rings (SSSR count). The van der Waals surface area contributed by atoms with Crippen LogP contribution in [0, 0.1) is 5.92 Å². The van der Waals surface area contributed by atoms with Gasteiger partial charge in [-0.05, 0) is 30.7 Å². The van der Waals surface area contributed by atoms with Crippen LogP contribution in [0.5, 0.6) is 0 Å². The van der Waals surface area contributed by atoms with E-state index < -0.39 is 6.10 Å². The maximum Gasteiger partial charge on any atom is 0.228 e. The zero-order valence-corrected chi connectivity index (χ0v) is 11.5. The van der Waals surface area contributed by atoms with Crippen molar-refractivity contribution < 1.29 is 9.90 Å². The molecule has 0 aliphatic carbocycles. The van der Waals surface area contributed by atoms with Gasteiger partial charge in [0, 0.05) is 11.4 Å². The molecule has 1 amide bonds.